The van der Waals surface area contributed by atoms with Gasteiger partial charge in [0.15, 0.2) is 5.54 Å². The summed E-state index contributed by atoms with van der Waals surface area (Å²) in [6.45, 7) is 3.73. The van der Waals surface area contributed by atoms with Gasteiger partial charge in [0.1, 0.15) is 6.04 Å². The highest BCUT2D eigenvalue weighted by Crippen LogP contribution is 2.44. The maximum atomic E-state index is 13.9. The van der Waals surface area contributed by atoms with Crippen LogP contribution in [0.5, 0.6) is 0 Å². The van der Waals surface area contributed by atoms with Crippen molar-refractivity contribution in [1.82, 2.24) is 9.88 Å². The molecule has 1 aromatic rings. The Bertz CT molecular complexity index is 532. The summed E-state index contributed by atoms with van der Waals surface area (Å²) in [7, 11) is 0. The van der Waals surface area contributed by atoms with Gasteiger partial charge in [-0.05, 0) is 45.4 Å². The number of carbonyl (C=O) groups is 1. The van der Waals surface area contributed by atoms with Crippen LogP contribution < -0.4 is 5.32 Å². The van der Waals surface area contributed by atoms with Gasteiger partial charge in [-0.25, -0.2) is 4.79 Å². The van der Waals surface area contributed by atoms with E-state index in [2.05, 4.69) is 5.32 Å². The van der Waals surface area contributed by atoms with Crippen LogP contribution in [-0.4, -0.2) is 29.9 Å². The molecule has 2 rings (SSSR count). The van der Waals surface area contributed by atoms with Crippen LogP contribution in [0.2, 0.25) is 0 Å². The summed E-state index contributed by atoms with van der Waals surface area (Å²) in [6.07, 6.45) is -0.995. The lowest BCUT2D eigenvalue weighted by Gasteiger charge is -2.37. The van der Waals surface area contributed by atoms with E-state index in [1.54, 1.807) is 19.9 Å². The van der Waals surface area contributed by atoms with Crippen LogP contribution in [0.3, 0.4) is 0 Å². The predicted octanol–water partition coefficient (Wildman–Crippen LogP) is 3.53. The van der Waals surface area contributed by atoms with E-state index in [1.165, 1.54) is 16.8 Å². The summed E-state index contributed by atoms with van der Waals surface area (Å²) in [5.41, 5.74) is -2.04. The minimum absolute atomic E-state index is 0.0317. The number of rotatable bonds is 4. The van der Waals surface area contributed by atoms with E-state index in [9.17, 15) is 18.0 Å². The molecule has 0 bridgehead atoms. The predicted molar refractivity (Wildman–Crippen MR) is 80.0 cm³/mol. The zero-order valence-corrected chi connectivity index (χ0v) is 13.4. The Balaban J connectivity index is 2.45. The van der Waals surface area contributed by atoms with Crippen LogP contribution in [0.4, 0.5) is 13.2 Å². The third-order valence-corrected chi connectivity index (χ3v) is 4.40. The highest BCUT2D eigenvalue weighted by molar-refractivity contribution is 5.74. The van der Waals surface area contributed by atoms with Crippen LogP contribution in [0.15, 0.2) is 18.3 Å². The molecule has 130 valence electrons. The molecule has 1 saturated heterocycles. The molecule has 2 unspecified atom stereocenters. The zero-order valence-electron chi connectivity index (χ0n) is 13.4. The third kappa shape index (κ3) is 3.39. The molecule has 1 aliphatic heterocycles. The Hall–Kier alpha value is -1.50. The lowest BCUT2D eigenvalue weighted by molar-refractivity contribution is -0.205. The first-order chi connectivity index (χ1) is 10.8. The first kappa shape index (κ1) is 17.8. The smallest absolute Gasteiger partial charge is 0.412 e. The minimum atomic E-state index is -4.44. The molecule has 7 heteroatoms. The lowest BCUT2D eigenvalue weighted by atomic mass is 9.88. The van der Waals surface area contributed by atoms with Gasteiger partial charge in [-0.2, -0.15) is 13.2 Å². The van der Waals surface area contributed by atoms with Gasteiger partial charge >= 0.3 is 12.1 Å². The maximum Gasteiger partial charge on any atom is 0.412 e. The standard InChI is InChI=1S/C16H23F3N2O2/c1-3-23-14(22)12(2)21-11-7-8-13(21)15(16(17,18)19)9-5-4-6-10-20-15/h7-8,11-12,20H,3-6,9-10H2,1-2H3. The molecule has 4 nitrogen and oxygen atoms in total. The van der Waals surface area contributed by atoms with Crippen molar-refractivity contribution in [2.75, 3.05) is 13.2 Å². The molecule has 0 spiro atoms. The molecule has 0 amide bonds. The van der Waals surface area contributed by atoms with E-state index < -0.39 is 23.7 Å². The highest BCUT2D eigenvalue weighted by Gasteiger charge is 2.57. The van der Waals surface area contributed by atoms with E-state index in [-0.39, 0.29) is 18.7 Å². The number of aromatic nitrogens is 1. The fraction of sp³-hybridized carbons (Fsp3) is 0.688. The minimum Gasteiger partial charge on any atom is -0.464 e. The average molecular weight is 332 g/mol. The van der Waals surface area contributed by atoms with Crippen molar-refractivity contribution in [3.63, 3.8) is 0 Å². The SMILES string of the molecule is CCOC(=O)C(C)n1cccc1C1(C(F)(F)F)CCCCCN1. The van der Waals surface area contributed by atoms with Crippen molar-refractivity contribution in [3.05, 3.63) is 24.0 Å². The molecule has 1 aromatic heterocycles. The van der Waals surface area contributed by atoms with Crippen LogP contribution in [-0.2, 0) is 15.1 Å². The number of esters is 1. The lowest BCUT2D eigenvalue weighted by Crippen LogP contribution is -2.54. The number of ether oxygens (including phenoxy) is 1. The Kier molecular flexibility index (Phi) is 5.39. The van der Waals surface area contributed by atoms with Crippen LogP contribution in [0.25, 0.3) is 0 Å². The van der Waals surface area contributed by atoms with E-state index in [4.69, 9.17) is 4.74 Å². The molecule has 0 radical (unpaired) electrons. The first-order valence-corrected chi connectivity index (χ1v) is 7.99. The summed E-state index contributed by atoms with van der Waals surface area (Å²) < 4.78 is 48.2. The van der Waals surface area contributed by atoms with Crippen LogP contribution in [0, 0.1) is 0 Å². The monoisotopic (exact) mass is 332 g/mol. The second-order valence-electron chi connectivity index (χ2n) is 5.87. The van der Waals surface area contributed by atoms with E-state index in [1.807, 2.05) is 0 Å². The number of halogens is 3. The van der Waals surface area contributed by atoms with Gasteiger partial charge < -0.3 is 9.30 Å². The number of hydrogen-bond donors (Lipinski definition) is 1. The molecule has 0 saturated carbocycles. The van der Waals surface area contributed by atoms with Gasteiger partial charge in [0.2, 0.25) is 0 Å². The number of nitrogens with one attached hydrogen (secondary N) is 1. The Morgan fingerprint density at radius 1 is 1.43 bits per heavy atom. The van der Waals surface area contributed by atoms with Crippen molar-refractivity contribution in [2.24, 2.45) is 0 Å². The molecule has 0 aliphatic carbocycles. The third-order valence-electron chi connectivity index (χ3n) is 4.40. The molecule has 1 fully saturated rings. The number of hydrogen-bond acceptors (Lipinski definition) is 3. The number of nitrogens with zero attached hydrogens (tertiary/aromatic N) is 1. The van der Waals surface area contributed by atoms with Crippen molar-refractivity contribution >= 4 is 5.97 Å². The molecular weight excluding hydrogens is 309 g/mol. The quantitative estimate of drug-likeness (QED) is 0.858. The van der Waals surface area contributed by atoms with Gasteiger partial charge in [0.25, 0.3) is 0 Å². The van der Waals surface area contributed by atoms with Gasteiger partial charge in [0.05, 0.1) is 6.61 Å². The molecule has 1 aliphatic rings. The summed E-state index contributed by atoms with van der Waals surface area (Å²) in [4.78, 5) is 12.0. The Morgan fingerprint density at radius 3 is 2.83 bits per heavy atom. The topological polar surface area (TPSA) is 43.3 Å². The second kappa shape index (κ2) is 6.95. The van der Waals surface area contributed by atoms with Gasteiger partial charge in [-0.1, -0.05) is 12.8 Å². The van der Waals surface area contributed by atoms with Crippen molar-refractivity contribution in [3.8, 4) is 0 Å². The fourth-order valence-corrected chi connectivity index (χ4v) is 3.16. The summed E-state index contributed by atoms with van der Waals surface area (Å²) in [5.74, 6) is -0.532. The molecule has 23 heavy (non-hydrogen) atoms. The second-order valence-corrected chi connectivity index (χ2v) is 5.87. The van der Waals surface area contributed by atoms with E-state index >= 15 is 0 Å². The molecule has 2 atom stereocenters. The highest BCUT2D eigenvalue weighted by atomic mass is 19.4. The molecule has 2 heterocycles. The average Bonchev–Trinajstić information content (AvgIpc) is 2.83. The number of alkyl halides is 3. The molecular formula is C16H23F3N2O2. The van der Waals surface area contributed by atoms with Crippen molar-refractivity contribution in [1.29, 1.82) is 0 Å². The normalized spacial score (nSPS) is 24.0. The molecule has 1 N–H and O–H groups in total. The van der Waals surface area contributed by atoms with Gasteiger partial charge in [0, 0.05) is 11.9 Å². The largest absolute Gasteiger partial charge is 0.464 e. The maximum absolute atomic E-state index is 13.9. The van der Waals surface area contributed by atoms with Gasteiger partial charge in [-0.3, -0.25) is 5.32 Å². The summed E-state index contributed by atoms with van der Waals surface area (Å²) in [6, 6.07) is 2.19. The fourth-order valence-electron chi connectivity index (χ4n) is 3.16. The summed E-state index contributed by atoms with van der Waals surface area (Å²) in [5, 5.41) is 2.71. The van der Waals surface area contributed by atoms with Crippen molar-refractivity contribution < 1.29 is 22.7 Å². The Morgan fingerprint density at radius 2 is 2.17 bits per heavy atom. The summed E-state index contributed by atoms with van der Waals surface area (Å²) >= 11 is 0. The zero-order chi connectivity index (χ0) is 17.1. The van der Waals surface area contributed by atoms with Crippen molar-refractivity contribution in [2.45, 2.75) is 57.3 Å². The van der Waals surface area contributed by atoms with Crippen LogP contribution >= 0.6 is 0 Å². The number of carbonyl (C=O) groups excluding carboxylic acids is 1. The molecule has 0 aromatic carbocycles. The Labute approximate surface area is 134 Å². The van der Waals surface area contributed by atoms with E-state index in [0.29, 0.717) is 19.4 Å². The van der Waals surface area contributed by atoms with E-state index in [0.717, 1.165) is 6.42 Å². The van der Waals surface area contributed by atoms with Crippen LogP contribution in [0.1, 0.15) is 51.3 Å². The first-order valence-electron chi connectivity index (χ1n) is 7.99. The van der Waals surface area contributed by atoms with Gasteiger partial charge in [-0.15, -0.1) is 0 Å².